The topological polar surface area (TPSA) is 111 Å². The average molecular weight is 511 g/mol. The van der Waals surface area contributed by atoms with Crippen LogP contribution in [0.3, 0.4) is 0 Å². The molecule has 3 heterocycles. The molecule has 0 radical (unpaired) electrons. The van der Waals surface area contributed by atoms with Gasteiger partial charge in [-0.15, -0.1) is 10.2 Å². The lowest BCUT2D eigenvalue weighted by molar-refractivity contribution is -0.149. The van der Waals surface area contributed by atoms with E-state index in [2.05, 4.69) is 25.6 Å². The smallest absolute Gasteiger partial charge is 0.323 e. The van der Waals surface area contributed by atoms with E-state index in [4.69, 9.17) is 9.47 Å². The summed E-state index contributed by atoms with van der Waals surface area (Å²) in [4.78, 5) is 29.2. The van der Waals surface area contributed by atoms with Crippen LogP contribution in [0.2, 0.25) is 0 Å². The van der Waals surface area contributed by atoms with Crippen molar-refractivity contribution in [1.82, 2.24) is 30.4 Å². The second-order valence-electron chi connectivity index (χ2n) is 10.6. The number of hydrogen-bond donors (Lipinski definition) is 1. The molecular formula is C27H38N6O4. The molecule has 0 bridgehead atoms. The van der Waals surface area contributed by atoms with Crippen LogP contribution >= 0.6 is 0 Å². The lowest BCUT2D eigenvalue weighted by Gasteiger charge is -2.43. The Balaban J connectivity index is 1.25. The van der Waals surface area contributed by atoms with Crippen molar-refractivity contribution in [3.8, 4) is 11.4 Å². The highest BCUT2D eigenvalue weighted by Gasteiger charge is 2.43. The van der Waals surface area contributed by atoms with E-state index in [1.165, 1.54) is 0 Å². The highest BCUT2D eigenvalue weighted by Crippen LogP contribution is 2.40. The Morgan fingerprint density at radius 2 is 1.78 bits per heavy atom. The van der Waals surface area contributed by atoms with Crippen LogP contribution in [0.25, 0.3) is 11.4 Å². The highest BCUT2D eigenvalue weighted by molar-refractivity contribution is 5.76. The second kappa shape index (κ2) is 11.7. The Morgan fingerprint density at radius 3 is 2.57 bits per heavy atom. The summed E-state index contributed by atoms with van der Waals surface area (Å²) in [6.07, 6.45) is 4.78. The van der Waals surface area contributed by atoms with E-state index >= 15 is 0 Å². The number of hydrogen-bond acceptors (Lipinski definition) is 9. The number of nitrogens with one attached hydrogen (secondary N) is 1. The van der Waals surface area contributed by atoms with Crippen LogP contribution in [0.1, 0.15) is 52.0 Å². The van der Waals surface area contributed by atoms with Crippen molar-refractivity contribution in [2.75, 3.05) is 32.8 Å². The number of rotatable bonds is 8. The molecule has 10 nitrogen and oxygen atoms in total. The van der Waals surface area contributed by atoms with Crippen LogP contribution in [0, 0.1) is 17.8 Å². The lowest BCUT2D eigenvalue weighted by Crippen LogP contribution is -2.51. The zero-order chi connectivity index (χ0) is 25.8. The fourth-order valence-electron chi connectivity index (χ4n) is 6.40. The fraction of sp³-hybridized carbons (Fsp3) is 0.667. The second-order valence-corrected chi connectivity index (χ2v) is 10.6. The van der Waals surface area contributed by atoms with Crippen LogP contribution in [0.5, 0.6) is 0 Å². The van der Waals surface area contributed by atoms with E-state index in [-0.39, 0.29) is 30.1 Å². The van der Waals surface area contributed by atoms with E-state index < -0.39 is 0 Å². The normalized spacial score (nSPS) is 30.0. The SMILES string of the molecule is CCOC(=O)[C@@H]1C[C@H]2C[C@@H](CN3C[C@@H](n4nnc(-c5ccccc5)n4)C[C@H]3C(=O)OCC)CC[C@H]2CN1. The molecule has 37 heavy (non-hydrogen) atoms. The zero-order valence-corrected chi connectivity index (χ0v) is 21.8. The standard InChI is InChI=1S/C27H38N6O4/c1-3-36-26(34)23-13-21-12-18(10-11-20(21)15-28-23)16-32-17-22(14-24(32)27(35)37-4-2)33-30-25(29-31-33)19-8-6-5-7-9-19/h5-9,18,20-24,28H,3-4,10-17H2,1-2H3/t18-,20-,21+,22-,23-,24-/m0/s1. The molecule has 3 aliphatic rings. The van der Waals surface area contributed by atoms with Gasteiger partial charge in [-0.05, 0) is 75.5 Å². The molecule has 2 saturated heterocycles. The van der Waals surface area contributed by atoms with Gasteiger partial charge in [0.1, 0.15) is 12.1 Å². The summed E-state index contributed by atoms with van der Waals surface area (Å²) in [7, 11) is 0. The molecule has 6 atom stereocenters. The van der Waals surface area contributed by atoms with E-state index in [0.29, 0.717) is 49.8 Å². The molecule has 5 rings (SSSR count). The Bertz CT molecular complexity index is 1060. The molecule has 2 aromatic rings. The quantitative estimate of drug-likeness (QED) is 0.535. The molecule has 200 valence electrons. The number of tetrazole rings is 1. The summed E-state index contributed by atoms with van der Waals surface area (Å²) < 4.78 is 10.7. The van der Waals surface area contributed by atoms with Gasteiger partial charge in [-0.25, -0.2) is 0 Å². The van der Waals surface area contributed by atoms with Crippen molar-refractivity contribution in [1.29, 1.82) is 0 Å². The maximum Gasteiger partial charge on any atom is 0.323 e. The monoisotopic (exact) mass is 510 g/mol. The summed E-state index contributed by atoms with van der Waals surface area (Å²) in [6, 6.07) is 9.24. The van der Waals surface area contributed by atoms with Crippen molar-refractivity contribution < 1.29 is 19.1 Å². The van der Waals surface area contributed by atoms with Gasteiger partial charge in [0.05, 0.1) is 19.3 Å². The van der Waals surface area contributed by atoms with Gasteiger partial charge in [-0.1, -0.05) is 30.3 Å². The Hall–Kier alpha value is -2.85. The zero-order valence-electron chi connectivity index (χ0n) is 21.8. The molecule has 0 spiro atoms. The molecule has 1 aliphatic carbocycles. The van der Waals surface area contributed by atoms with Crippen molar-refractivity contribution >= 4 is 11.9 Å². The largest absolute Gasteiger partial charge is 0.465 e. The molecule has 2 aliphatic heterocycles. The van der Waals surface area contributed by atoms with Gasteiger partial charge < -0.3 is 14.8 Å². The van der Waals surface area contributed by atoms with Crippen molar-refractivity contribution in [2.24, 2.45) is 17.8 Å². The van der Waals surface area contributed by atoms with Crippen LogP contribution in [-0.4, -0.2) is 82.0 Å². The maximum absolute atomic E-state index is 12.9. The van der Waals surface area contributed by atoms with Gasteiger partial charge in [0, 0.05) is 18.7 Å². The molecule has 1 aromatic heterocycles. The van der Waals surface area contributed by atoms with Gasteiger partial charge in [-0.3, -0.25) is 14.5 Å². The number of ether oxygens (including phenoxy) is 2. The minimum Gasteiger partial charge on any atom is -0.465 e. The Morgan fingerprint density at radius 1 is 1.00 bits per heavy atom. The number of carbonyl (C=O) groups is 2. The molecule has 0 unspecified atom stereocenters. The van der Waals surface area contributed by atoms with Crippen LogP contribution < -0.4 is 5.32 Å². The Labute approximate surface area is 218 Å². The third-order valence-corrected chi connectivity index (χ3v) is 8.20. The number of carbonyl (C=O) groups excluding carboxylic acids is 2. The third-order valence-electron chi connectivity index (χ3n) is 8.20. The highest BCUT2D eigenvalue weighted by atomic mass is 16.5. The molecule has 1 saturated carbocycles. The van der Waals surface area contributed by atoms with Crippen molar-refractivity contribution in [3.05, 3.63) is 30.3 Å². The molecule has 3 fully saturated rings. The van der Waals surface area contributed by atoms with Gasteiger partial charge in [-0.2, -0.15) is 4.80 Å². The molecule has 0 amide bonds. The number of esters is 2. The van der Waals surface area contributed by atoms with Gasteiger partial charge in [0.15, 0.2) is 0 Å². The predicted octanol–water partition coefficient (Wildman–Crippen LogP) is 2.48. The molecule has 1 N–H and O–H groups in total. The van der Waals surface area contributed by atoms with Crippen LogP contribution in [0.15, 0.2) is 30.3 Å². The first-order valence-corrected chi connectivity index (χ1v) is 13.7. The summed E-state index contributed by atoms with van der Waals surface area (Å²) >= 11 is 0. The first-order chi connectivity index (χ1) is 18.1. The minimum absolute atomic E-state index is 0.0391. The minimum atomic E-state index is -0.311. The number of nitrogens with zero attached hydrogens (tertiary/aromatic N) is 5. The summed E-state index contributed by atoms with van der Waals surface area (Å²) in [5, 5.41) is 16.6. The summed E-state index contributed by atoms with van der Waals surface area (Å²) in [5.41, 5.74) is 0.922. The predicted molar refractivity (Wildman–Crippen MR) is 136 cm³/mol. The molecule has 10 heteroatoms. The van der Waals surface area contributed by atoms with Gasteiger partial charge in [0.25, 0.3) is 0 Å². The third kappa shape index (κ3) is 5.85. The number of fused-ring (bicyclic) bond motifs is 1. The van der Waals surface area contributed by atoms with E-state index in [0.717, 1.165) is 44.3 Å². The summed E-state index contributed by atoms with van der Waals surface area (Å²) in [5.74, 6) is 1.85. The van der Waals surface area contributed by atoms with Crippen molar-refractivity contribution in [2.45, 2.75) is 64.1 Å². The number of piperidine rings is 1. The maximum atomic E-state index is 12.9. The first-order valence-electron chi connectivity index (χ1n) is 13.7. The lowest BCUT2D eigenvalue weighted by atomic mass is 9.69. The molecular weight excluding hydrogens is 472 g/mol. The van der Waals surface area contributed by atoms with Gasteiger partial charge in [0.2, 0.25) is 5.82 Å². The van der Waals surface area contributed by atoms with Crippen LogP contribution in [-0.2, 0) is 19.1 Å². The van der Waals surface area contributed by atoms with E-state index in [9.17, 15) is 9.59 Å². The van der Waals surface area contributed by atoms with E-state index in [1.807, 2.05) is 44.2 Å². The number of benzene rings is 1. The average Bonchev–Trinajstić information content (AvgIpc) is 3.57. The van der Waals surface area contributed by atoms with Crippen LogP contribution in [0.4, 0.5) is 0 Å². The fourth-order valence-corrected chi connectivity index (χ4v) is 6.40. The molecule has 1 aromatic carbocycles. The van der Waals surface area contributed by atoms with E-state index in [1.54, 1.807) is 4.80 Å². The summed E-state index contributed by atoms with van der Waals surface area (Å²) in [6.45, 7) is 6.86. The Kier molecular flexibility index (Phi) is 8.14. The van der Waals surface area contributed by atoms with Gasteiger partial charge >= 0.3 is 11.9 Å². The number of likely N-dealkylation sites (tertiary alicyclic amines) is 1. The first kappa shape index (κ1) is 25.8. The number of aromatic nitrogens is 4. The van der Waals surface area contributed by atoms with Crippen molar-refractivity contribution in [3.63, 3.8) is 0 Å².